The van der Waals surface area contributed by atoms with Gasteiger partial charge in [-0.1, -0.05) is 17.7 Å². The number of rotatable bonds is 4. The van der Waals surface area contributed by atoms with E-state index in [1.54, 1.807) is 6.07 Å². The minimum Gasteiger partial charge on any atom is -0.404 e. The second kappa shape index (κ2) is 8.34. The molecule has 0 fully saturated rings. The zero-order valence-corrected chi connectivity index (χ0v) is 17.0. The van der Waals surface area contributed by atoms with Gasteiger partial charge in [-0.25, -0.2) is 9.37 Å². The average Bonchev–Trinajstić information content (AvgIpc) is 2.76. The van der Waals surface area contributed by atoms with E-state index in [1.807, 2.05) is 18.3 Å². The van der Waals surface area contributed by atoms with Gasteiger partial charge in [0.05, 0.1) is 22.4 Å². The third-order valence-electron chi connectivity index (χ3n) is 5.27. The number of hydrogen-bond donors (Lipinski definition) is 3. The quantitative estimate of drug-likeness (QED) is 0.532. The number of halogens is 2. The summed E-state index contributed by atoms with van der Waals surface area (Å²) in [6.45, 7) is 0. The molecular weight excluding hydrogens is 401 g/mol. The van der Waals surface area contributed by atoms with Crippen LogP contribution in [0.2, 0.25) is 5.02 Å². The van der Waals surface area contributed by atoms with Gasteiger partial charge in [0, 0.05) is 34.6 Å². The van der Waals surface area contributed by atoms with E-state index in [9.17, 15) is 4.39 Å². The van der Waals surface area contributed by atoms with Gasteiger partial charge in [0.15, 0.2) is 0 Å². The van der Waals surface area contributed by atoms with Gasteiger partial charge in [-0.15, -0.1) is 0 Å². The molecule has 1 unspecified atom stereocenters. The van der Waals surface area contributed by atoms with E-state index < -0.39 is 5.82 Å². The Morgan fingerprint density at radius 3 is 2.77 bits per heavy atom. The Labute approximate surface area is 178 Å². The van der Waals surface area contributed by atoms with Crippen molar-refractivity contribution in [3.05, 3.63) is 82.5 Å². The number of benzene rings is 1. The monoisotopic (exact) mass is 421 g/mol. The van der Waals surface area contributed by atoms with E-state index >= 15 is 0 Å². The molecule has 1 aromatic carbocycles. The molecule has 1 aliphatic carbocycles. The molecule has 1 atom stereocenters. The molecule has 2 heterocycles. The topological polar surface area (TPSA) is 102 Å². The fraction of sp³-hybridized carbons (Fsp3) is 0.174. The van der Waals surface area contributed by atoms with Crippen LogP contribution in [0.15, 0.2) is 54.9 Å². The SMILES string of the molecule is N=C(/C(=C\N)c1ccc2ncc(C3=CCC(N)CC3)cc2n1)c1cc(Cl)ccc1F. The lowest BCUT2D eigenvalue weighted by atomic mass is 9.92. The van der Waals surface area contributed by atoms with Gasteiger partial charge >= 0.3 is 0 Å². The third kappa shape index (κ3) is 3.97. The van der Waals surface area contributed by atoms with Crippen molar-refractivity contribution < 1.29 is 4.39 Å². The lowest BCUT2D eigenvalue weighted by Gasteiger charge is -2.18. The third-order valence-corrected chi connectivity index (χ3v) is 5.50. The molecule has 0 saturated carbocycles. The first kappa shape index (κ1) is 20.2. The molecule has 0 amide bonds. The summed E-state index contributed by atoms with van der Waals surface area (Å²) in [5, 5.41) is 8.81. The van der Waals surface area contributed by atoms with Crippen molar-refractivity contribution >= 4 is 39.5 Å². The predicted octanol–water partition coefficient (Wildman–Crippen LogP) is 4.68. The number of nitrogens with zero attached hydrogens (tertiary/aromatic N) is 2. The maximum absolute atomic E-state index is 14.3. The second-order valence-electron chi connectivity index (χ2n) is 7.30. The number of aromatic nitrogens is 2. The molecule has 4 rings (SSSR count). The van der Waals surface area contributed by atoms with Crippen molar-refractivity contribution in [3.8, 4) is 0 Å². The van der Waals surface area contributed by atoms with Gasteiger partial charge in [-0.05, 0) is 66.8 Å². The summed E-state index contributed by atoms with van der Waals surface area (Å²) >= 11 is 5.98. The van der Waals surface area contributed by atoms with Gasteiger partial charge in [-0.3, -0.25) is 10.4 Å². The fourth-order valence-corrected chi connectivity index (χ4v) is 3.75. The van der Waals surface area contributed by atoms with Gasteiger partial charge in [0.25, 0.3) is 0 Å². The highest BCUT2D eigenvalue weighted by atomic mass is 35.5. The molecule has 0 radical (unpaired) electrons. The smallest absolute Gasteiger partial charge is 0.132 e. The van der Waals surface area contributed by atoms with Crippen LogP contribution < -0.4 is 11.5 Å². The highest BCUT2D eigenvalue weighted by Gasteiger charge is 2.17. The molecule has 2 aromatic heterocycles. The number of nitrogens with one attached hydrogen (secondary N) is 1. The molecule has 0 bridgehead atoms. The summed E-state index contributed by atoms with van der Waals surface area (Å²) in [7, 11) is 0. The maximum Gasteiger partial charge on any atom is 0.132 e. The zero-order valence-electron chi connectivity index (χ0n) is 16.2. The second-order valence-corrected chi connectivity index (χ2v) is 7.74. The Morgan fingerprint density at radius 1 is 1.20 bits per heavy atom. The van der Waals surface area contributed by atoms with E-state index in [0.29, 0.717) is 21.8 Å². The number of hydrogen-bond acceptors (Lipinski definition) is 5. The molecule has 5 nitrogen and oxygen atoms in total. The summed E-state index contributed by atoms with van der Waals surface area (Å²) in [4.78, 5) is 9.17. The van der Waals surface area contributed by atoms with E-state index in [1.165, 1.54) is 30.0 Å². The van der Waals surface area contributed by atoms with Crippen LogP contribution in [0.1, 0.15) is 36.1 Å². The molecular formula is C23H21ClFN5. The van der Waals surface area contributed by atoms with Crippen LogP contribution in [0.4, 0.5) is 4.39 Å². The number of nitrogens with two attached hydrogens (primary N) is 2. The average molecular weight is 422 g/mol. The van der Waals surface area contributed by atoms with Crippen molar-refractivity contribution in [2.75, 3.05) is 0 Å². The van der Waals surface area contributed by atoms with Crippen LogP contribution in [0.25, 0.3) is 22.2 Å². The highest BCUT2D eigenvalue weighted by molar-refractivity contribution is 6.33. The van der Waals surface area contributed by atoms with E-state index in [4.69, 9.17) is 28.5 Å². The fourth-order valence-electron chi connectivity index (χ4n) is 3.58. The van der Waals surface area contributed by atoms with Crippen molar-refractivity contribution in [2.24, 2.45) is 11.5 Å². The standard InChI is InChI=1S/C23H21ClFN5/c24-15-3-6-19(25)17(10-15)23(28)18(11-26)20-7-8-21-22(30-20)9-14(12-29-21)13-1-4-16(27)5-2-13/h1,3,6-12,16,28H,2,4-5,26-27H2/b18-11-,28-23?. The van der Waals surface area contributed by atoms with Crippen LogP contribution in [0.5, 0.6) is 0 Å². The number of pyridine rings is 2. The van der Waals surface area contributed by atoms with Crippen LogP contribution in [-0.4, -0.2) is 21.7 Å². The minimum absolute atomic E-state index is 0.0664. The lowest BCUT2D eigenvalue weighted by Crippen LogP contribution is -2.21. The Balaban J connectivity index is 1.72. The first-order valence-electron chi connectivity index (χ1n) is 9.64. The van der Waals surface area contributed by atoms with Gasteiger partial charge in [0.1, 0.15) is 5.82 Å². The Morgan fingerprint density at radius 2 is 2.03 bits per heavy atom. The van der Waals surface area contributed by atoms with Crippen LogP contribution >= 0.6 is 11.6 Å². The summed E-state index contributed by atoms with van der Waals surface area (Å²) in [5.74, 6) is -0.545. The van der Waals surface area contributed by atoms with Crippen molar-refractivity contribution in [1.82, 2.24) is 9.97 Å². The Bertz CT molecular complexity index is 1200. The Hall–Kier alpha value is -3.09. The summed E-state index contributed by atoms with van der Waals surface area (Å²) in [5.41, 5.74) is 16.2. The maximum atomic E-state index is 14.3. The molecule has 1 aliphatic rings. The van der Waals surface area contributed by atoms with Crippen LogP contribution in [-0.2, 0) is 0 Å². The highest BCUT2D eigenvalue weighted by Crippen LogP contribution is 2.28. The molecule has 5 N–H and O–H groups in total. The Kier molecular flexibility index (Phi) is 5.61. The van der Waals surface area contributed by atoms with E-state index in [2.05, 4.69) is 16.0 Å². The molecule has 30 heavy (non-hydrogen) atoms. The zero-order chi connectivity index (χ0) is 21.3. The predicted molar refractivity (Wildman–Crippen MR) is 120 cm³/mol. The molecule has 0 spiro atoms. The van der Waals surface area contributed by atoms with E-state index in [-0.39, 0.29) is 17.3 Å². The van der Waals surface area contributed by atoms with E-state index in [0.717, 1.165) is 30.3 Å². The summed E-state index contributed by atoms with van der Waals surface area (Å²) in [6, 6.07) is 9.81. The van der Waals surface area contributed by atoms with Crippen molar-refractivity contribution in [1.29, 1.82) is 5.41 Å². The van der Waals surface area contributed by atoms with Gasteiger partial charge < -0.3 is 11.5 Å². The normalized spacial score (nSPS) is 17.1. The molecule has 3 aromatic rings. The van der Waals surface area contributed by atoms with Crippen molar-refractivity contribution in [2.45, 2.75) is 25.3 Å². The molecule has 0 aliphatic heterocycles. The van der Waals surface area contributed by atoms with Crippen LogP contribution in [0, 0.1) is 11.2 Å². The van der Waals surface area contributed by atoms with Crippen molar-refractivity contribution in [3.63, 3.8) is 0 Å². The van der Waals surface area contributed by atoms with Crippen LogP contribution in [0.3, 0.4) is 0 Å². The molecule has 0 saturated heterocycles. The lowest BCUT2D eigenvalue weighted by molar-refractivity contribution is 0.614. The summed E-state index contributed by atoms with van der Waals surface area (Å²) in [6.07, 6.45) is 7.96. The number of fused-ring (bicyclic) bond motifs is 1. The molecule has 152 valence electrons. The first-order valence-corrected chi connectivity index (χ1v) is 10.0. The largest absolute Gasteiger partial charge is 0.404 e. The first-order chi connectivity index (χ1) is 14.5. The number of allylic oxidation sites excluding steroid dienone is 2. The molecule has 7 heteroatoms. The van der Waals surface area contributed by atoms with Gasteiger partial charge in [0.2, 0.25) is 0 Å². The minimum atomic E-state index is -0.545. The summed E-state index contributed by atoms with van der Waals surface area (Å²) < 4.78 is 14.3. The van der Waals surface area contributed by atoms with Gasteiger partial charge in [-0.2, -0.15) is 0 Å².